The molecule has 0 aromatic rings. The molecule has 0 aromatic carbocycles. The van der Waals surface area contributed by atoms with Crippen LogP contribution >= 0.6 is 24.8 Å². The van der Waals surface area contributed by atoms with Crippen molar-refractivity contribution in [1.29, 1.82) is 0 Å². The number of hydrogen-bond donors (Lipinski definition) is 2. The number of methoxy groups -OCH3 is 1. The zero-order valence-electron chi connectivity index (χ0n) is 6.79. The lowest BCUT2D eigenvalue weighted by atomic mass is 10.2. The molecule has 0 aliphatic carbocycles. The predicted molar refractivity (Wildman–Crippen MR) is 51.0 cm³/mol. The van der Waals surface area contributed by atoms with Crippen LogP contribution in [0.3, 0.4) is 0 Å². The lowest BCUT2D eigenvalue weighted by molar-refractivity contribution is 0.0987. The molecule has 0 bridgehead atoms. The van der Waals surface area contributed by atoms with Gasteiger partial charge >= 0.3 is 0 Å². The summed E-state index contributed by atoms with van der Waals surface area (Å²) in [6.45, 7) is 2.00. The van der Waals surface area contributed by atoms with Gasteiger partial charge in [-0.25, -0.2) is 0 Å². The Morgan fingerprint density at radius 1 is 1.36 bits per heavy atom. The summed E-state index contributed by atoms with van der Waals surface area (Å²) in [5.41, 5.74) is 0. The quantitative estimate of drug-likeness (QED) is 0.664. The third-order valence-corrected chi connectivity index (χ3v) is 1.83. The molecule has 0 unspecified atom stereocenters. The van der Waals surface area contributed by atoms with Crippen LogP contribution < -0.4 is 10.6 Å². The van der Waals surface area contributed by atoms with Crippen LogP contribution in [0.5, 0.6) is 0 Å². The number of ether oxygens (including phenoxy) is 1. The van der Waals surface area contributed by atoms with Gasteiger partial charge in [-0.1, -0.05) is 0 Å². The van der Waals surface area contributed by atoms with E-state index >= 15 is 0 Å². The Morgan fingerprint density at radius 3 is 2.36 bits per heavy atom. The summed E-state index contributed by atoms with van der Waals surface area (Å²) in [5.74, 6) is 0. The van der Waals surface area contributed by atoms with Gasteiger partial charge in [0.2, 0.25) is 0 Å². The van der Waals surface area contributed by atoms with Crippen LogP contribution in [0.25, 0.3) is 0 Å². The smallest absolute Gasteiger partial charge is 0.0860 e. The summed E-state index contributed by atoms with van der Waals surface area (Å²) >= 11 is 0. The Morgan fingerprint density at radius 2 is 2.00 bits per heavy atom. The maximum Gasteiger partial charge on any atom is 0.0860 e. The van der Waals surface area contributed by atoms with Gasteiger partial charge in [0.15, 0.2) is 0 Å². The normalized spacial score (nSPS) is 28.9. The van der Waals surface area contributed by atoms with E-state index in [4.69, 9.17) is 4.74 Å². The molecule has 2 atom stereocenters. The molecule has 1 aliphatic heterocycles. The molecule has 0 spiro atoms. The minimum absolute atomic E-state index is 0. The number of likely N-dealkylation sites (N-methyl/N-ethyl adjacent to an activating group) is 1. The van der Waals surface area contributed by atoms with Gasteiger partial charge in [-0.15, -0.1) is 24.8 Å². The van der Waals surface area contributed by atoms with Crippen molar-refractivity contribution in [2.24, 2.45) is 0 Å². The highest BCUT2D eigenvalue weighted by molar-refractivity contribution is 5.85. The molecule has 0 amide bonds. The predicted octanol–water partition coefficient (Wildman–Crippen LogP) is 0.0362. The average molecular weight is 203 g/mol. The SMILES string of the molecule is CN[C@@H]1CNC[C@@H]1OC.Cl.Cl. The lowest BCUT2D eigenvalue weighted by Crippen LogP contribution is -2.37. The largest absolute Gasteiger partial charge is 0.378 e. The summed E-state index contributed by atoms with van der Waals surface area (Å²) in [6, 6.07) is 0.495. The zero-order valence-corrected chi connectivity index (χ0v) is 8.43. The monoisotopic (exact) mass is 202 g/mol. The van der Waals surface area contributed by atoms with E-state index in [0.717, 1.165) is 13.1 Å². The number of rotatable bonds is 2. The molecule has 2 N–H and O–H groups in total. The second-order valence-electron chi connectivity index (χ2n) is 2.33. The molecule has 0 saturated carbocycles. The van der Waals surface area contributed by atoms with Gasteiger partial charge in [0, 0.05) is 26.2 Å². The molecule has 1 rings (SSSR count). The van der Waals surface area contributed by atoms with E-state index in [-0.39, 0.29) is 24.8 Å². The first-order valence-corrected chi connectivity index (χ1v) is 3.29. The van der Waals surface area contributed by atoms with Crippen LogP contribution in [0.1, 0.15) is 0 Å². The van der Waals surface area contributed by atoms with Gasteiger partial charge in [0.05, 0.1) is 6.10 Å². The highest BCUT2D eigenvalue weighted by Gasteiger charge is 2.24. The van der Waals surface area contributed by atoms with E-state index < -0.39 is 0 Å². The Kier molecular flexibility index (Phi) is 9.08. The highest BCUT2D eigenvalue weighted by Crippen LogP contribution is 2.01. The standard InChI is InChI=1S/C6H14N2O.2ClH/c1-7-5-3-8-4-6(5)9-2;;/h5-8H,3-4H2,1-2H3;2*1H/t5-,6+;;/m1../s1. The summed E-state index contributed by atoms with van der Waals surface area (Å²) in [4.78, 5) is 0. The van der Waals surface area contributed by atoms with Gasteiger partial charge in [-0.3, -0.25) is 0 Å². The summed E-state index contributed by atoms with van der Waals surface area (Å²) < 4.78 is 5.19. The van der Waals surface area contributed by atoms with E-state index in [1.54, 1.807) is 7.11 Å². The first-order valence-electron chi connectivity index (χ1n) is 3.29. The van der Waals surface area contributed by atoms with Crippen molar-refractivity contribution < 1.29 is 4.74 Å². The Balaban J connectivity index is 0. The van der Waals surface area contributed by atoms with Crippen molar-refractivity contribution in [3.05, 3.63) is 0 Å². The summed E-state index contributed by atoms with van der Waals surface area (Å²) in [6.07, 6.45) is 0.356. The molecule has 0 aromatic heterocycles. The molecule has 70 valence electrons. The third kappa shape index (κ3) is 3.58. The fraction of sp³-hybridized carbons (Fsp3) is 1.00. The molecule has 1 saturated heterocycles. The van der Waals surface area contributed by atoms with E-state index in [1.807, 2.05) is 7.05 Å². The molecule has 3 nitrogen and oxygen atoms in total. The van der Waals surface area contributed by atoms with Crippen LogP contribution in [0, 0.1) is 0 Å². The molecule has 0 radical (unpaired) electrons. The minimum atomic E-state index is 0. The summed E-state index contributed by atoms with van der Waals surface area (Å²) in [7, 11) is 3.71. The number of nitrogens with one attached hydrogen (secondary N) is 2. The molecule has 1 heterocycles. The van der Waals surface area contributed by atoms with Crippen LogP contribution in [0.15, 0.2) is 0 Å². The van der Waals surface area contributed by atoms with Gasteiger partial charge in [0.1, 0.15) is 0 Å². The first-order chi connectivity index (χ1) is 4.38. The van der Waals surface area contributed by atoms with Crippen molar-refractivity contribution in [3.63, 3.8) is 0 Å². The van der Waals surface area contributed by atoms with Crippen LogP contribution in [0.2, 0.25) is 0 Å². The zero-order chi connectivity index (χ0) is 6.69. The third-order valence-electron chi connectivity index (χ3n) is 1.83. The fourth-order valence-corrected chi connectivity index (χ4v) is 1.19. The van der Waals surface area contributed by atoms with Crippen molar-refractivity contribution in [2.75, 3.05) is 27.2 Å². The first kappa shape index (κ1) is 14.0. The number of hydrogen-bond acceptors (Lipinski definition) is 3. The van der Waals surface area contributed by atoms with E-state index in [0.29, 0.717) is 12.1 Å². The van der Waals surface area contributed by atoms with Crippen LogP contribution in [0.4, 0.5) is 0 Å². The Hall–Kier alpha value is 0.460. The topological polar surface area (TPSA) is 33.3 Å². The van der Waals surface area contributed by atoms with Crippen LogP contribution in [-0.2, 0) is 4.74 Å². The maximum atomic E-state index is 5.19. The van der Waals surface area contributed by atoms with Crippen molar-refractivity contribution >= 4 is 24.8 Å². The molecule has 1 aliphatic rings. The maximum absolute atomic E-state index is 5.19. The average Bonchev–Trinajstić information content (AvgIpc) is 2.33. The second-order valence-corrected chi connectivity index (χ2v) is 2.33. The molecular formula is C6H16Cl2N2O. The lowest BCUT2D eigenvalue weighted by Gasteiger charge is -2.14. The van der Waals surface area contributed by atoms with Gasteiger partial charge in [0.25, 0.3) is 0 Å². The van der Waals surface area contributed by atoms with Crippen molar-refractivity contribution in [1.82, 2.24) is 10.6 Å². The molecular weight excluding hydrogens is 187 g/mol. The van der Waals surface area contributed by atoms with Gasteiger partial charge in [-0.2, -0.15) is 0 Å². The van der Waals surface area contributed by atoms with Crippen LogP contribution in [-0.4, -0.2) is 39.4 Å². The minimum Gasteiger partial charge on any atom is -0.378 e. The van der Waals surface area contributed by atoms with Crippen molar-refractivity contribution in [2.45, 2.75) is 12.1 Å². The number of halogens is 2. The van der Waals surface area contributed by atoms with Gasteiger partial charge < -0.3 is 15.4 Å². The molecule has 5 heteroatoms. The van der Waals surface area contributed by atoms with Crippen molar-refractivity contribution in [3.8, 4) is 0 Å². The van der Waals surface area contributed by atoms with E-state index in [9.17, 15) is 0 Å². The Bertz CT molecular complexity index is 84.7. The second kappa shape index (κ2) is 7.13. The molecule has 1 fully saturated rings. The highest BCUT2D eigenvalue weighted by atomic mass is 35.5. The summed E-state index contributed by atoms with van der Waals surface area (Å²) in [5, 5.41) is 6.41. The Labute approximate surface area is 80.1 Å². The molecule has 11 heavy (non-hydrogen) atoms. The fourth-order valence-electron chi connectivity index (χ4n) is 1.19. The van der Waals surface area contributed by atoms with E-state index in [2.05, 4.69) is 10.6 Å². The van der Waals surface area contributed by atoms with Gasteiger partial charge in [-0.05, 0) is 7.05 Å². The van der Waals surface area contributed by atoms with E-state index in [1.165, 1.54) is 0 Å².